The van der Waals surface area contributed by atoms with Crippen molar-refractivity contribution in [1.82, 2.24) is 40.6 Å². The van der Waals surface area contributed by atoms with Gasteiger partial charge in [0.1, 0.15) is 35.8 Å². The molecule has 73 heavy (non-hydrogen) atoms. The number of rotatable bonds is 14. The van der Waals surface area contributed by atoms with Crippen LogP contribution in [-0.2, 0) is 14.4 Å². The number of thiazole rings is 1. The number of piperazine rings is 1. The lowest BCUT2D eigenvalue weighted by atomic mass is 9.49. The number of pyridine rings is 1. The fourth-order valence-electron chi connectivity index (χ4n) is 11.7. The smallest absolute Gasteiger partial charge is 0.253 e. The number of hydrogen-bond donors (Lipinski definition) is 4. The first-order valence-corrected chi connectivity index (χ1v) is 26.7. The van der Waals surface area contributed by atoms with Crippen LogP contribution in [-0.4, -0.2) is 142 Å². The van der Waals surface area contributed by atoms with E-state index in [9.17, 15) is 29.5 Å². The van der Waals surface area contributed by atoms with E-state index in [0.717, 1.165) is 66.5 Å². The van der Waals surface area contributed by atoms with Crippen LogP contribution in [0.4, 0.5) is 5.82 Å². The Bertz CT molecular complexity index is 2670. The zero-order valence-electron chi connectivity index (χ0n) is 43.6. The number of piperidine rings is 1. The summed E-state index contributed by atoms with van der Waals surface area (Å²) < 4.78 is 6.39. The first-order chi connectivity index (χ1) is 34.5. The molecule has 18 heteroatoms. The second-order valence-electron chi connectivity index (χ2n) is 22.6. The van der Waals surface area contributed by atoms with Gasteiger partial charge in [0.15, 0.2) is 0 Å². The molecule has 1 saturated carbocycles. The number of aliphatic hydroxyl groups is 1. The lowest BCUT2D eigenvalue weighted by molar-refractivity contribution is -0.164. The summed E-state index contributed by atoms with van der Waals surface area (Å²) in [5.74, 6) is 0.258. The fraction of sp³-hybridized carbons (Fsp3) is 0.545. The van der Waals surface area contributed by atoms with Crippen LogP contribution in [0.3, 0.4) is 0 Å². The molecular formula is C55H71ClN10O6S. The number of β-amino-alcohol motifs (C(OH)–C–C–N with tert-alkyl or cyclic N) is 1. The average Bonchev–Trinajstić information content (AvgIpc) is 3.98. The minimum Gasteiger partial charge on any atom is -0.489 e. The first-order valence-electron chi connectivity index (χ1n) is 25.5. The Labute approximate surface area is 438 Å². The van der Waals surface area contributed by atoms with Crippen molar-refractivity contribution in [3.63, 3.8) is 0 Å². The van der Waals surface area contributed by atoms with Crippen LogP contribution in [0.15, 0.2) is 66.3 Å². The number of carbonyl (C=O) groups excluding carboxylic acids is 4. The number of amides is 4. The van der Waals surface area contributed by atoms with E-state index in [-0.39, 0.29) is 72.2 Å². The monoisotopic (exact) mass is 1030 g/mol. The maximum Gasteiger partial charge on any atom is 0.253 e. The number of anilines is 1. The van der Waals surface area contributed by atoms with Crippen LogP contribution in [0, 0.1) is 34.5 Å². The van der Waals surface area contributed by atoms with E-state index in [2.05, 4.69) is 69.4 Å². The van der Waals surface area contributed by atoms with Gasteiger partial charge in [-0.2, -0.15) is 5.26 Å². The number of aryl methyl sites for hydroxylation is 1. The summed E-state index contributed by atoms with van der Waals surface area (Å²) in [7, 11) is 0. The summed E-state index contributed by atoms with van der Waals surface area (Å²) in [6.07, 6.45) is 2.63. The molecule has 4 atom stereocenters. The predicted octanol–water partition coefficient (Wildman–Crippen LogP) is 6.61. The van der Waals surface area contributed by atoms with E-state index in [1.54, 1.807) is 35.7 Å². The van der Waals surface area contributed by atoms with Crippen LogP contribution in [0.25, 0.3) is 10.4 Å². The molecule has 8 rings (SSSR count). The van der Waals surface area contributed by atoms with E-state index in [4.69, 9.17) is 21.3 Å². The number of aromatic nitrogens is 2. The highest BCUT2D eigenvalue weighted by molar-refractivity contribution is 7.13. The third-order valence-corrected chi connectivity index (χ3v) is 16.9. The third kappa shape index (κ3) is 11.7. The largest absolute Gasteiger partial charge is 0.489 e. The predicted molar refractivity (Wildman–Crippen MR) is 283 cm³/mol. The van der Waals surface area contributed by atoms with Gasteiger partial charge in [-0.25, -0.2) is 9.97 Å². The highest BCUT2D eigenvalue weighted by Gasteiger charge is 2.64. The minimum atomic E-state index is -0.903. The molecule has 4 fully saturated rings. The number of hydrogen-bond acceptors (Lipinski definition) is 13. The van der Waals surface area contributed by atoms with Gasteiger partial charge in [0.2, 0.25) is 17.7 Å². The van der Waals surface area contributed by atoms with E-state index in [1.165, 1.54) is 4.90 Å². The van der Waals surface area contributed by atoms with E-state index in [0.29, 0.717) is 41.0 Å². The number of carbonyl (C=O) groups is 4. The number of ether oxygens (including phenoxy) is 1. The maximum atomic E-state index is 14.3. The molecule has 390 valence electrons. The van der Waals surface area contributed by atoms with Crippen LogP contribution < -0.4 is 25.6 Å². The van der Waals surface area contributed by atoms with E-state index >= 15 is 0 Å². The maximum absolute atomic E-state index is 14.3. The minimum absolute atomic E-state index is 0.0102. The molecule has 1 aliphatic carbocycles. The van der Waals surface area contributed by atoms with E-state index < -0.39 is 23.6 Å². The van der Waals surface area contributed by atoms with Crippen molar-refractivity contribution in [2.75, 3.05) is 57.3 Å². The second-order valence-corrected chi connectivity index (χ2v) is 23.9. The number of halogens is 1. The zero-order valence-corrected chi connectivity index (χ0v) is 45.1. The Morgan fingerprint density at radius 2 is 1.63 bits per heavy atom. The standard InChI is InChI=1S/C55H71ClN10O6S/c1-33(35-10-12-36(13-11-35)46-34(2)59-32-73-46)60-49(70)43-26-40(67)30-66(43)50(71)47(53(3,4)5)61-45(68)31-63-22-24-64(25-23-63)39-18-20-65(21-19-39)44-17-15-38(29-58-44)48(69)62-51-54(6,7)52(55(51,8)9)72-41-16-14-37(28-57)42(56)27-41/h10-17,27,29,32-33,39-40,43,47,51-52,67H,18-26,30-31H2,1-9H3,(H,60,70)(H,61,68)(H,62,69)/t33-,40+,43-,47+,51-,52-/m0/s1. The summed E-state index contributed by atoms with van der Waals surface area (Å²) in [5.41, 5.74) is 4.21. The Balaban J connectivity index is 0.774. The van der Waals surface area contributed by atoms with Crippen LogP contribution >= 0.6 is 22.9 Å². The van der Waals surface area contributed by atoms with Gasteiger partial charge in [-0.15, -0.1) is 11.3 Å². The van der Waals surface area contributed by atoms with E-state index in [1.807, 2.05) is 76.5 Å². The Hall–Kier alpha value is -5.64. The fourth-order valence-corrected chi connectivity index (χ4v) is 12.7. The number of benzene rings is 2. The van der Waals surface area contributed by atoms with Crippen LogP contribution in [0.1, 0.15) is 108 Å². The molecule has 16 nitrogen and oxygen atoms in total. The van der Waals surface area contributed by atoms with Crippen molar-refractivity contribution in [3.05, 3.63) is 93.7 Å². The van der Waals surface area contributed by atoms with Gasteiger partial charge >= 0.3 is 0 Å². The van der Waals surface area contributed by atoms with Crippen molar-refractivity contribution < 1.29 is 29.0 Å². The second kappa shape index (κ2) is 21.7. The van der Waals surface area contributed by atoms with Crippen molar-refractivity contribution in [2.45, 2.75) is 124 Å². The molecule has 4 aliphatic rings. The van der Waals surface area contributed by atoms with Gasteiger partial charge in [-0.1, -0.05) is 84.3 Å². The van der Waals surface area contributed by atoms with Gasteiger partial charge in [-0.05, 0) is 67.5 Å². The lowest BCUT2D eigenvalue weighted by Crippen LogP contribution is -2.74. The number of nitrogens with zero attached hydrogens (tertiary/aromatic N) is 7. The molecule has 0 spiro atoms. The molecule has 4 aromatic rings. The first kappa shape index (κ1) is 53.6. The average molecular weight is 1040 g/mol. The number of aliphatic hydroxyl groups excluding tert-OH is 1. The van der Waals surface area contributed by atoms with Gasteiger partial charge in [0, 0.05) is 87.4 Å². The summed E-state index contributed by atoms with van der Waals surface area (Å²) in [6.45, 7) is 22.8. The normalized spacial score (nSPS) is 23.2. The van der Waals surface area contributed by atoms with Gasteiger partial charge in [0.05, 0.1) is 50.9 Å². The SMILES string of the molecule is Cc1ncsc1-c1ccc([C@H](C)NC(=O)[C@@H]2C[C@@H](O)CN2C(=O)[C@@H](NC(=O)CN2CCN(C3CCN(c4ccc(C(=O)N[C@H]5C(C)(C)[C@H](Oc6ccc(C#N)c(Cl)c6)C5(C)C)cn4)CC3)CC2)C(C)(C)C)cc1. The molecular weight excluding hydrogens is 964 g/mol. The highest BCUT2D eigenvalue weighted by Crippen LogP contribution is 2.55. The Morgan fingerprint density at radius 1 is 0.945 bits per heavy atom. The summed E-state index contributed by atoms with van der Waals surface area (Å²) in [6, 6.07) is 17.0. The summed E-state index contributed by atoms with van der Waals surface area (Å²) >= 11 is 7.85. The van der Waals surface area contributed by atoms with Crippen molar-refractivity contribution >= 4 is 52.4 Å². The molecule has 2 aromatic heterocycles. The van der Waals surface area contributed by atoms with Crippen LogP contribution in [0.5, 0.6) is 5.75 Å². The molecule has 4 N–H and O–H groups in total. The lowest BCUT2D eigenvalue weighted by Gasteiger charge is -2.63. The summed E-state index contributed by atoms with van der Waals surface area (Å²) in [5, 5.41) is 29.7. The third-order valence-electron chi connectivity index (χ3n) is 15.6. The molecule has 4 amide bonds. The molecule has 5 heterocycles. The highest BCUT2D eigenvalue weighted by atomic mass is 35.5. The van der Waals surface area contributed by atoms with Crippen molar-refractivity contribution in [2.24, 2.45) is 16.2 Å². The van der Waals surface area contributed by atoms with Crippen molar-refractivity contribution in [1.29, 1.82) is 5.26 Å². The topological polar surface area (TPSA) is 196 Å². The van der Waals surface area contributed by atoms with Gasteiger partial charge < -0.3 is 35.6 Å². The zero-order chi connectivity index (χ0) is 52.6. The molecule has 0 radical (unpaired) electrons. The molecule has 0 unspecified atom stereocenters. The molecule has 3 aliphatic heterocycles. The van der Waals surface area contributed by atoms with Gasteiger partial charge in [0.25, 0.3) is 5.91 Å². The molecule has 2 aromatic carbocycles. The quantitative estimate of drug-likeness (QED) is 0.106. The van der Waals surface area contributed by atoms with Gasteiger partial charge in [-0.3, -0.25) is 29.0 Å². The Kier molecular flexibility index (Phi) is 15.9. The number of nitriles is 1. The Morgan fingerprint density at radius 3 is 2.22 bits per heavy atom. The summed E-state index contributed by atoms with van der Waals surface area (Å²) in [4.78, 5) is 73.9. The molecule has 0 bridgehead atoms. The molecule has 3 saturated heterocycles. The van der Waals surface area contributed by atoms with Crippen molar-refractivity contribution in [3.8, 4) is 22.3 Å². The van der Waals surface area contributed by atoms with Crippen LogP contribution in [0.2, 0.25) is 5.02 Å². The number of likely N-dealkylation sites (tertiary alicyclic amines) is 1. The number of nitrogens with one attached hydrogen (secondary N) is 3.